The van der Waals surface area contributed by atoms with E-state index < -0.39 is 5.60 Å². The number of aliphatic hydroxyl groups is 1. The Morgan fingerprint density at radius 3 is 2.24 bits per heavy atom. The Morgan fingerprint density at radius 1 is 1.07 bits per heavy atom. The minimum absolute atomic E-state index is 0.0564. The normalized spacial score (nSPS) is 18.3. The molecule has 0 aromatic heterocycles. The highest BCUT2D eigenvalue weighted by Gasteiger charge is 2.45. The van der Waals surface area contributed by atoms with E-state index in [1.807, 2.05) is 24.3 Å². The summed E-state index contributed by atoms with van der Waals surface area (Å²) in [5.74, 6) is 1.42. The van der Waals surface area contributed by atoms with Crippen molar-refractivity contribution < 1.29 is 19.0 Å². The largest absolute Gasteiger partial charge is 0.457 e. The van der Waals surface area contributed by atoms with Gasteiger partial charge in [-0.3, -0.25) is 0 Å². The summed E-state index contributed by atoms with van der Waals surface area (Å²) in [6, 6.07) is 13.5. The molecule has 2 aromatic rings. The number of halogens is 1. The number of carbonyl (C=O) groups is 1. The van der Waals surface area contributed by atoms with Gasteiger partial charge in [0.15, 0.2) is 0 Å². The summed E-state index contributed by atoms with van der Waals surface area (Å²) in [5, 5.41) is 13.5. The van der Waals surface area contributed by atoms with Crippen molar-refractivity contribution in [2.24, 2.45) is 5.92 Å². The van der Waals surface area contributed by atoms with E-state index in [9.17, 15) is 14.3 Å². The third-order valence-electron chi connectivity index (χ3n) is 5.92. The number of piperidine rings is 1. The van der Waals surface area contributed by atoms with Crippen LogP contribution in [0.5, 0.6) is 11.5 Å². The van der Waals surface area contributed by atoms with Crippen LogP contribution >= 0.6 is 0 Å². The van der Waals surface area contributed by atoms with Crippen LogP contribution in [0.1, 0.15) is 31.2 Å². The number of nitrogens with zero attached hydrogens (tertiary/aromatic N) is 1. The van der Waals surface area contributed by atoms with Gasteiger partial charge in [0.05, 0.1) is 5.60 Å². The lowest BCUT2D eigenvalue weighted by atomic mass is 9.87. The molecule has 1 aliphatic heterocycles. The number of ether oxygens (including phenoxy) is 1. The average molecular weight is 398 g/mol. The van der Waals surface area contributed by atoms with Gasteiger partial charge in [0.2, 0.25) is 0 Å². The van der Waals surface area contributed by atoms with Gasteiger partial charge in [-0.15, -0.1) is 0 Å². The molecule has 2 aliphatic rings. The van der Waals surface area contributed by atoms with Gasteiger partial charge in [0, 0.05) is 19.6 Å². The monoisotopic (exact) mass is 398 g/mol. The molecular weight excluding hydrogens is 371 g/mol. The van der Waals surface area contributed by atoms with E-state index in [0.717, 1.165) is 24.8 Å². The van der Waals surface area contributed by atoms with Crippen molar-refractivity contribution in [2.45, 2.75) is 37.7 Å². The lowest BCUT2D eigenvalue weighted by molar-refractivity contribution is -0.0307. The Kier molecular flexibility index (Phi) is 5.72. The van der Waals surface area contributed by atoms with Gasteiger partial charge in [-0.05, 0) is 80.0 Å². The summed E-state index contributed by atoms with van der Waals surface area (Å²) < 4.78 is 18.6. The van der Waals surface area contributed by atoms with Gasteiger partial charge in [0.25, 0.3) is 0 Å². The van der Waals surface area contributed by atoms with Crippen LogP contribution in [0.4, 0.5) is 9.18 Å². The van der Waals surface area contributed by atoms with Crippen LogP contribution in [0.2, 0.25) is 0 Å². The van der Waals surface area contributed by atoms with E-state index >= 15 is 0 Å². The summed E-state index contributed by atoms with van der Waals surface area (Å²) in [6.45, 7) is 1.79. The maximum atomic E-state index is 12.9. The highest BCUT2D eigenvalue weighted by molar-refractivity contribution is 5.74. The molecule has 0 spiro atoms. The van der Waals surface area contributed by atoms with E-state index in [2.05, 4.69) is 5.32 Å². The molecule has 0 unspecified atom stereocenters. The second-order valence-electron chi connectivity index (χ2n) is 8.05. The highest BCUT2D eigenvalue weighted by atomic mass is 19.1. The molecule has 154 valence electrons. The van der Waals surface area contributed by atoms with E-state index in [4.69, 9.17) is 4.74 Å². The molecular formula is C23H27FN2O3. The third-order valence-corrected chi connectivity index (χ3v) is 5.92. The lowest BCUT2D eigenvalue weighted by Crippen LogP contribution is -2.50. The molecule has 6 heteroatoms. The number of nitrogens with one attached hydrogen (secondary N) is 1. The maximum absolute atomic E-state index is 12.9. The Labute approximate surface area is 170 Å². The van der Waals surface area contributed by atoms with Crippen LogP contribution in [0.15, 0.2) is 48.5 Å². The number of carbonyl (C=O) groups excluding carboxylic acids is 1. The van der Waals surface area contributed by atoms with Crippen molar-refractivity contribution in [3.63, 3.8) is 0 Å². The molecule has 0 bridgehead atoms. The first-order chi connectivity index (χ1) is 14.0. The number of benzene rings is 2. The van der Waals surface area contributed by atoms with Crippen molar-refractivity contribution in [3.8, 4) is 11.5 Å². The molecule has 2 aromatic carbocycles. The van der Waals surface area contributed by atoms with Gasteiger partial charge in [-0.1, -0.05) is 12.1 Å². The van der Waals surface area contributed by atoms with Crippen LogP contribution < -0.4 is 10.1 Å². The Balaban J connectivity index is 1.19. The molecule has 0 atom stereocenters. The number of hydrogen-bond acceptors (Lipinski definition) is 3. The van der Waals surface area contributed by atoms with Gasteiger partial charge < -0.3 is 20.1 Å². The summed E-state index contributed by atoms with van der Waals surface area (Å²) in [6.07, 6.45) is 4.33. The fraction of sp³-hybridized carbons (Fsp3) is 0.435. The molecule has 1 heterocycles. The van der Waals surface area contributed by atoms with Crippen LogP contribution in [0.3, 0.4) is 0 Å². The zero-order valence-electron chi connectivity index (χ0n) is 16.4. The lowest BCUT2D eigenvalue weighted by Gasteiger charge is -2.38. The highest BCUT2D eigenvalue weighted by Crippen LogP contribution is 2.44. The molecule has 4 rings (SSSR count). The fourth-order valence-electron chi connectivity index (χ4n) is 3.91. The van der Waals surface area contributed by atoms with Crippen molar-refractivity contribution in [2.75, 3.05) is 19.6 Å². The number of likely N-dealkylation sites (tertiary alicyclic amines) is 1. The summed E-state index contributed by atoms with van der Waals surface area (Å²) in [5.41, 5.74) is 0.549. The molecule has 2 fully saturated rings. The molecule has 2 N–H and O–H groups in total. The van der Waals surface area contributed by atoms with Crippen LogP contribution in [0, 0.1) is 11.7 Å². The molecule has 0 radical (unpaired) electrons. The minimum Gasteiger partial charge on any atom is -0.457 e. The van der Waals surface area contributed by atoms with E-state index in [1.165, 1.54) is 12.1 Å². The van der Waals surface area contributed by atoms with Crippen molar-refractivity contribution in [1.82, 2.24) is 10.2 Å². The van der Waals surface area contributed by atoms with Crippen molar-refractivity contribution >= 4 is 6.03 Å². The quantitative estimate of drug-likeness (QED) is 0.770. The first-order valence-corrected chi connectivity index (χ1v) is 10.3. The van der Waals surface area contributed by atoms with E-state index in [1.54, 1.807) is 17.0 Å². The van der Waals surface area contributed by atoms with Gasteiger partial charge in [-0.25, -0.2) is 9.18 Å². The number of urea groups is 1. The van der Waals surface area contributed by atoms with Crippen LogP contribution in [-0.2, 0) is 6.42 Å². The Bertz CT molecular complexity index is 826. The van der Waals surface area contributed by atoms with E-state index in [0.29, 0.717) is 49.9 Å². The molecule has 5 nitrogen and oxygen atoms in total. The van der Waals surface area contributed by atoms with Gasteiger partial charge in [0.1, 0.15) is 17.3 Å². The summed E-state index contributed by atoms with van der Waals surface area (Å²) in [4.78, 5) is 14.2. The van der Waals surface area contributed by atoms with Gasteiger partial charge >= 0.3 is 6.03 Å². The predicted molar refractivity (Wildman–Crippen MR) is 108 cm³/mol. The zero-order valence-corrected chi connectivity index (χ0v) is 16.4. The summed E-state index contributed by atoms with van der Waals surface area (Å²) >= 11 is 0. The van der Waals surface area contributed by atoms with Crippen LogP contribution in [-0.4, -0.2) is 41.3 Å². The molecule has 2 amide bonds. The number of hydrogen-bond donors (Lipinski definition) is 2. The van der Waals surface area contributed by atoms with Crippen molar-refractivity contribution in [3.05, 3.63) is 59.9 Å². The van der Waals surface area contributed by atoms with E-state index in [-0.39, 0.29) is 11.8 Å². The second kappa shape index (κ2) is 8.41. The predicted octanol–water partition coefficient (Wildman–Crippen LogP) is 4.11. The standard InChI is InChI=1S/C23H27FN2O3/c24-19-5-9-21(10-6-19)29-20-7-1-17(2-8-20)11-14-25-22(27)26-15-12-23(28,13-16-26)18-3-4-18/h1-2,5-10,18,28H,3-4,11-16H2,(H,25,27). The van der Waals surface area contributed by atoms with Crippen molar-refractivity contribution in [1.29, 1.82) is 0 Å². The summed E-state index contributed by atoms with van der Waals surface area (Å²) in [7, 11) is 0. The zero-order chi connectivity index (χ0) is 20.3. The number of amides is 2. The molecule has 1 aliphatic carbocycles. The molecule has 29 heavy (non-hydrogen) atoms. The second-order valence-corrected chi connectivity index (χ2v) is 8.05. The topological polar surface area (TPSA) is 61.8 Å². The smallest absolute Gasteiger partial charge is 0.317 e. The Morgan fingerprint density at radius 2 is 1.66 bits per heavy atom. The molecule has 1 saturated carbocycles. The number of rotatable bonds is 6. The Hall–Kier alpha value is -2.60. The fourth-order valence-corrected chi connectivity index (χ4v) is 3.91. The molecule has 1 saturated heterocycles. The first kappa shape index (κ1) is 19.7. The average Bonchev–Trinajstić information content (AvgIpc) is 3.58. The third kappa shape index (κ3) is 5.07. The van der Waals surface area contributed by atoms with Crippen LogP contribution in [0.25, 0.3) is 0 Å². The van der Waals surface area contributed by atoms with Gasteiger partial charge in [-0.2, -0.15) is 0 Å². The maximum Gasteiger partial charge on any atom is 0.317 e. The first-order valence-electron chi connectivity index (χ1n) is 10.3. The SMILES string of the molecule is O=C(NCCc1ccc(Oc2ccc(F)cc2)cc1)N1CCC(O)(C2CC2)CC1. The minimum atomic E-state index is -0.547.